The Labute approximate surface area is 128 Å². The molecule has 1 aromatic heterocycles. The van der Waals surface area contributed by atoms with Crippen molar-refractivity contribution < 1.29 is 4.74 Å². The molecule has 0 aliphatic carbocycles. The Morgan fingerprint density at radius 2 is 2.10 bits per heavy atom. The van der Waals surface area contributed by atoms with E-state index in [1.165, 1.54) is 16.0 Å². The van der Waals surface area contributed by atoms with Crippen LogP contribution in [-0.2, 0) is 19.5 Å². The van der Waals surface area contributed by atoms with Crippen molar-refractivity contribution in [3.05, 3.63) is 50.7 Å². The third-order valence-electron chi connectivity index (χ3n) is 3.38. The summed E-state index contributed by atoms with van der Waals surface area (Å²) in [6.07, 6.45) is 0.983. The minimum atomic E-state index is -0.0674. The van der Waals surface area contributed by atoms with Crippen LogP contribution in [0.3, 0.4) is 0 Å². The van der Waals surface area contributed by atoms with Gasteiger partial charge in [0.15, 0.2) is 0 Å². The summed E-state index contributed by atoms with van der Waals surface area (Å²) in [4.78, 5) is 1.26. The molecule has 0 amide bonds. The molecule has 2 heterocycles. The lowest BCUT2D eigenvalue weighted by Gasteiger charge is -2.16. The fraction of sp³-hybridized carbons (Fsp3) is 0.375. The van der Waals surface area contributed by atoms with Crippen LogP contribution in [0, 0.1) is 0 Å². The Balaban J connectivity index is 1.59. The number of thiophene rings is 1. The second-order valence-corrected chi connectivity index (χ2v) is 7.59. The number of halogens is 1. The average molecular weight is 308 g/mol. The molecule has 2 aromatic rings. The van der Waals surface area contributed by atoms with Crippen LogP contribution in [0.5, 0.6) is 5.75 Å². The van der Waals surface area contributed by atoms with Gasteiger partial charge in [-0.3, -0.25) is 0 Å². The summed E-state index contributed by atoms with van der Waals surface area (Å²) in [5.74, 6) is 1.03. The van der Waals surface area contributed by atoms with Crippen LogP contribution in [0.2, 0.25) is 4.34 Å². The molecular formula is C16H18ClNOS. The Kier molecular flexibility index (Phi) is 3.76. The van der Waals surface area contributed by atoms with Gasteiger partial charge in [-0.2, -0.15) is 0 Å². The van der Waals surface area contributed by atoms with Gasteiger partial charge in [-0.1, -0.05) is 23.7 Å². The van der Waals surface area contributed by atoms with Gasteiger partial charge in [-0.05, 0) is 43.2 Å². The first kappa shape index (κ1) is 13.9. The molecule has 0 bridgehead atoms. The zero-order chi connectivity index (χ0) is 14.2. The van der Waals surface area contributed by atoms with Gasteiger partial charge >= 0.3 is 0 Å². The molecule has 0 radical (unpaired) electrons. The monoisotopic (exact) mass is 307 g/mol. The average Bonchev–Trinajstić information content (AvgIpc) is 2.90. The van der Waals surface area contributed by atoms with E-state index < -0.39 is 0 Å². The first-order chi connectivity index (χ1) is 9.52. The van der Waals surface area contributed by atoms with Crippen LogP contribution in [0.4, 0.5) is 0 Å². The third-order valence-corrected chi connectivity index (χ3v) is 4.62. The maximum atomic E-state index is 5.92. The fourth-order valence-electron chi connectivity index (χ4n) is 2.55. The molecule has 20 heavy (non-hydrogen) atoms. The Bertz CT molecular complexity index is 621. The summed E-state index contributed by atoms with van der Waals surface area (Å²) < 4.78 is 6.74. The third kappa shape index (κ3) is 3.17. The molecule has 1 aliphatic heterocycles. The van der Waals surface area contributed by atoms with Gasteiger partial charge in [0.1, 0.15) is 11.4 Å². The lowest BCUT2D eigenvalue weighted by Crippen LogP contribution is -2.24. The van der Waals surface area contributed by atoms with Crippen molar-refractivity contribution in [3.8, 4) is 5.75 Å². The van der Waals surface area contributed by atoms with Gasteiger partial charge in [0, 0.05) is 24.4 Å². The van der Waals surface area contributed by atoms with Gasteiger partial charge < -0.3 is 10.1 Å². The van der Waals surface area contributed by atoms with Crippen LogP contribution in [0.15, 0.2) is 30.3 Å². The maximum Gasteiger partial charge on any atom is 0.123 e. The lowest BCUT2D eigenvalue weighted by molar-refractivity contribution is 0.138. The summed E-state index contributed by atoms with van der Waals surface area (Å²) >= 11 is 7.55. The number of benzene rings is 1. The summed E-state index contributed by atoms with van der Waals surface area (Å²) in [6, 6.07) is 10.5. The number of ether oxygens (including phenoxy) is 1. The SMILES string of the molecule is CC1(C)Cc2cc(CNCc3ccc(Cl)s3)ccc2O1. The number of hydrogen-bond acceptors (Lipinski definition) is 3. The summed E-state index contributed by atoms with van der Waals surface area (Å²) in [5, 5.41) is 3.45. The van der Waals surface area contributed by atoms with E-state index in [2.05, 4.69) is 43.4 Å². The van der Waals surface area contributed by atoms with Crippen LogP contribution >= 0.6 is 22.9 Å². The first-order valence-electron chi connectivity index (χ1n) is 6.78. The van der Waals surface area contributed by atoms with E-state index in [1.807, 2.05) is 6.07 Å². The zero-order valence-corrected chi connectivity index (χ0v) is 13.3. The van der Waals surface area contributed by atoms with Gasteiger partial charge in [0.25, 0.3) is 0 Å². The molecule has 1 N–H and O–H groups in total. The molecule has 0 unspecified atom stereocenters. The number of nitrogens with one attached hydrogen (secondary N) is 1. The Morgan fingerprint density at radius 1 is 1.25 bits per heavy atom. The lowest BCUT2D eigenvalue weighted by atomic mass is 10.0. The molecule has 4 heteroatoms. The standard InChI is InChI=1S/C16H18ClNOS/c1-16(2)8-12-7-11(3-5-14(12)19-16)9-18-10-13-4-6-15(17)20-13/h3-7,18H,8-10H2,1-2H3. The quantitative estimate of drug-likeness (QED) is 0.903. The zero-order valence-electron chi connectivity index (χ0n) is 11.7. The molecule has 0 saturated carbocycles. The van der Waals surface area contributed by atoms with Crippen molar-refractivity contribution in [1.29, 1.82) is 0 Å². The number of fused-ring (bicyclic) bond motifs is 1. The van der Waals surface area contributed by atoms with Crippen LogP contribution in [-0.4, -0.2) is 5.60 Å². The predicted octanol–water partition coefficient (Wildman–Crippen LogP) is 4.40. The van der Waals surface area contributed by atoms with Gasteiger partial charge in [0.05, 0.1) is 4.34 Å². The van der Waals surface area contributed by atoms with E-state index in [0.717, 1.165) is 29.6 Å². The van der Waals surface area contributed by atoms with E-state index in [4.69, 9.17) is 16.3 Å². The van der Waals surface area contributed by atoms with Crippen molar-refractivity contribution >= 4 is 22.9 Å². The molecule has 106 valence electrons. The molecule has 0 saturated heterocycles. The second-order valence-electron chi connectivity index (χ2n) is 5.79. The van der Waals surface area contributed by atoms with Crippen LogP contribution in [0.1, 0.15) is 29.9 Å². The van der Waals surface area contributed by atoms with E-state index in [9.17, 15) is 0 Å². The fourth-order valence-corrected chi connectivity index (χ4v) is 3.61. The number of rotatable bonds is 4. The minimum Gasteiger partial charge on any atom is -0.487 e. The highest BCUT2D eigenvalue weighted by Crippen LogP contribution is 2.35. The minimum absolute atomic E-state index is 0.0674. The topological polar surface area (TPSA) is 21.3 Å². The molecule has 0 spiro atoms. The maximum absolute atomic E-state index is 5.92. The predicted molar refractivity (Wildman–Crippen MR) is 84.7 cm³/mol. The molecule has 1 aliphatic rings. The van der Waals surface area contributed by atoms with Crippen molar-refractivity contribution in [2.24, 2.45) is 0 Å². The Hall–Kier alpha value is -1.03. The molecule has 3 rings (SSSR count). The molecule has 2 nitrogen and oxygen atoms in total. The van der Waals surface area contributed by atoms with Crippen molar-refractivity contribution in [2.75, 3.05) is 0 Å². The highest BCUT2D eigenvalue weighted by molar-refractivity contribution is 7.16. The molecular weight excluding hydrogens is 290 g/mol. The molecule has 0 fully saturated rings. The highest BCUT2D eigenvalue weighted by Gasteiger charge is 2.29. The summed E-state index contributed by atoms with van der Waals surface area (Å²) in [6.45, 7) is 5.98. The van der Waals surface area contributed by atoms with Crippen molar-refractivity contribution in [1.82, 2.24) is 5.32 Å². The molecule has 1 aromatic carbocycles. The highest BCUT2D eigenvalue weighted by atomic mass is 35.5. The normalized spacial score (nSPS) is 15.9. The summed E-state index contributed by atoms with van der Waals surface area (Å²) in [5.41, 5.74) is 2.54. The van der Waals surface area contributed by atoms with E-state index in [1.54, 1.807) is 11.3 Å². The van der Waals surface area contributed by atoms with E-state index in [0.29, 0.717) is 0 Å². The Morgan fingerprint density at radius 3 is 2.85 bits per heavy atom. The van der Waals surface area contributed by atoms with E-state index >= 15 is 0 Å². The summed E-state index contributed by atoms with van der Waals surface area (Å²) in [7, 11) is 0. The van der Waals surface area contributed by atoms with Crippen LogP contribution in [0.25, 0.3) is 0 Å². The largest absolute Gasteiger partial charge is 0.487 e. The van der Waals surface area contributed by atoms with Crippen LogP contribution < -0.4 is 10.1 Å². The van der Waals surface area contributed by atoms with Gasteiger partial charge in [0.2, 0.25) is 0 Å². The molecule has 0 atom stereocenters. The van der Waals surface area contributed by atoms with E-state index in [-0.39, 0.29) is 5.60 Å². The van der Waals surface area contributed by atoms with Crippen molar-refractivity contribution in [2.45, 2.75) is 39.0 Å². The van der Waals surface area contributed by atoms with Crippen molar-refractivity contribution in [3.63, 3.8) is 0 Å². The smallest absolute Gasteiger partial charge is 0.123 e. The van der Waals surface area contributed by atoms with Gasteiger partial charge in [-0.15, -0.1) is 11.3 Å². The number of hydrogen-bond donors (Lipinski definition) is 1. The first-order valence-corrected chi connectivity index (χ1v) is 7.97. The second kappa shape index (κ2) is 5.40. The van der Waals surface area contributed by atoms with Gasteiger partial charge in [-0.25, -0.2) is 0 Å².